The minimum atomic E-state index is -0.0476. The van der Waals surface area contributed by atoms with Gasteiger partial charge in [0.15, 0.2) is 0 Å². The third-order valence-electron chi connectivity index (χ3n) is 5.79. The van der Waals surface area contributed by atoms with Crippen LogP contribution in [0.5, 0.6) is 5.75 Å². The van der Waals surface area contributed by atoms with Crippen molar-refractivity contribution in [3.8, 4) is 17.0 Å². The van der Waals surface area contributed by atoms with Crippen LogP contribution in [0.4, 0.5) is 0 Å². The van der Waals surface area contributed by atoms with E-state index in [1.807, 2.05) is 25.3 Å². The number of hydrogen-bond acceptors (Lipinski definition) is 6. The highest BCUT2D eigenvalue weighted by atomic mass is 16.5. The summed E-state index contributed by atoms with van der Waals surface area (Å²) in [6.07, 6.45) is 11.6. The zero-order valence-electron chi connectivity index (χ0n) is 19.0. The molecular formula is C25H28N4O4. The Labute approximate surface area is 191 Å². The van der Waals surface area contributed by atoms with Gasteiger partial charge in [-0.2, -0.15) is 0 Å². The van der Waals surface area contributed by atoms with Gasteiger partial charge < -0.3 is 18.7 Å². The van der Waals surface area contributed by atoms with E-state index in [0.29, 0.717) is 24.1 Å². The van der Waals surface area contributed by atoms with Gasteiger partial charge in [-0.15, -0.1) is 0 Å². The van der Waals surface area contributed by atoms with Crippen molar-refractivity contribution < 1.29 is 13.9 Å². The number of imidazole rings is 1. The monoisotopic (exact) mass is 448 g/mol. The van der Waals surface area contributed by atoms with E-state index in [-0.39, 0.29) is 17.2 Å². The van der Waals surface area contributed by atoms with Gasteiger partial charge in [-0.05, 0) is 43.4 Å². The fourth-order valence-electron chi connectivity index (χ4n) is 3.97. The summed E-state index contributed by atoms with van der Waals surface area (Å²) in [7, 11) is 1.61. The highest BCUT2D eigenvalue weighted by molar-refractivity contribution is 5.91. The summed E-state index contributed by atoms with van der Waals surface area (Å²) in [6, 6.07) is 5.73. The molecule has 1 aromatic carbocycles. The van der Waals surface area contributed by atoms with Gasteiger partial charge in [-0.25, -0.2) is 9.97 Å². The molecule has 4 rings (SSSR count). The SMILES string of the molecule is CCn1ccc2cc(-c3cnc(CCCCCCC(=O)c4ncco4)[nH]3)c(OC)cc2c1=O. The number of ketones is 1. The number of pyridine rings is 1. The molecule has 0 atom stereocenters. The smallest absolute Gasteiger partial charge is 0.263 e. The van der Waals surface area contributed by atoms with Crippen LogP contribution < -0.4 is 10.3 Å². The summed E-state index contributed by atoms with van der Waals surface area (Å²) in [5.41, 5.74) is 1.72. The quantitative estimate of drug-likeness (QED) is 0.262. The van der Waals surface area contributed by atoms with Gasteiger partial charge in [0.25, 0.3) is 11.4 Å². The van der Waals surface area contributed by atoms with Gasteiger partial charge in [0.2, 0.25) is 5.78 Å². The number of H-pyrrole nitrogens is 1. The first kappa shape index (κ1) is 22.5. The van der Waals surface area contributed by atoms with Crippen LogP contribution in [0.2, 0.25) is 0 Å². The highest BCUT2D eigenvalue weighted by Gasteiger charge is 2.13. The van der Waals surface area contributed by atoms with Crippen molar-refractivity contribution in [1.29, 1.82) is 0 Å². The average Bonchev–Trinajstić information content (AvgIpc) is 3.53. The van der Waals surface area contributed by atoms with E-state index in [0.717, 1.165) is 54.6 Å². The maximum absolute atomic E-state index is 12.6. The number of hydrogen-bond donors (Lipinski definition) is 1. The van der Waals surface area contributed by atoms with E-state index in [4.69, 9.17) is 9.15 Å². The lowest BCUT2D eigenvalue weighted by atomic mass is 10.1. The average molecular weight is 449 g/mol. The number of aryl methyl sites for hydroxylation is 2. The number of carbonyl (C=O) groups excluding carboxylic acids is 1. The fraction of sp³-hybridized carbons (Fsp3) is 0.360. The number of nitrogens with one attached hydrogen (secondary N) is 1. The molecule has 0 aliphatic rings. The molecule has 8 heteroatoms. The van der Waals surface area contributed by atoms with Gasteiger partial charge in [0.05, 0.1) is 30.6 Å². The van der Waals surface area contributed by atoms with Crippen LogP contribution in [-0.4, -0.2) is 32.4 Å². The Morgan fingerprint density at radius 2 is 2.03 bits per heavy atom. The van der Waals surface area contributed by atoms with Crippen LogP contribution in [0.3, 0.4) is 0 Å². The number of oxazole rings is 1. The Hall–Kier alpha value is -3.68. The van der Waals surface area contributed by atoms with Crippen LogP contribution >= 0.6 is 0 Å². The predicted octanol–water partition coefficient (Wildman–Crippen LogP) is 4.78. The van der Waals surface area contributed by atoms with E-state index < -0.39 is 0 Å². The number of aromatic amines is 1. The normalized spacial score (nSPS) is 11.2. The van der Waals surface area contributed by atoms with Crippen molar-refractivity contribution >= 4 is 16.6 Å². The lowest BCUT2D eigenvalue weighted by Gasteiger charge is -2.10. The second-order valence-electron chi connectivity index (χ2n) is 7.96. The lowest BCUT2D eigenvalue weighted by Crippen LogP contribution is -2.18. The number of rotatable bonds is 11. The second-order valence-corrected chi connectivity index (χ2v) is 7.96. The summed E-state index contributed by atoms with van der Waals surface area (Å²) in [4.78, 5) is 36.3. The standard InChI is InChI=1S/C25H28N4O4/c1-3-29-12-10-17-14-19(22(32-2)15-18(17)25(29)31)20-16-27-23(28-20)9-7-5-4-6-8-21(30)24-26-11-13-33-24/h10-16H,3-9H2,1-2H3,(H,27,28). The number of methoxy groups -OCH3 is 1. The van der Waals surface area contributed by atoms with E-state index in [1.165, 1.54) is 12.5 Å². The van der Waals surface area contributed by atoms with Crippen molar-refractivity contribution in [1.82, 2.24) is 19.5 Å². The van der Waals surface area contributed by atoms with Gasteiger partial charge in [0, 0.05) is 31.1 Å². The molecule has 33 heavy (non-hydrogen) atoms. The fourth-order valence-corrected chi connectivity index (χ4v) is 3.97. The third kappa shape index (κ3) is 5.05. The number of unbranched alkanes of at least 4 members (excludes halogenated alkanes) is 3. The zero-order chi connectivity index (χ0) is 23.2. The van der Waals surface area contributed by atoms with Crippen LogP contribution in [0, 0.1) is 0 Å². The molecule has 0 saturated carbocycles. The summed E-state index contributed by atoms with van der Waals surface area (Å²) < 4.78 is 12.3. The van der Waals surface area contributed by atoms with Gasteiger partial charge in [-0.3, -0.25) is 9.59 Å². The molecule has 172 valence electrons. The van der Waals surface area contributed by atoms with Crippen molar-refractivity contribution in [3.05, 3.63) is 65.1 Å². The number of nitrogens with zero attached hydrogens (tertiary/aromatic N) is 3. The molecule has 3 aromatic heterocycles. The minimum absolute atomic E-state index is 0.0210. The zero-order valence-corrected chi connectivity index (χ0v) is 19.0. The molecule has 8 nitrogen and oxygen atoms in total. The summed E-state index contributed by atoms with van der Waals surface area (Å²) >= 11 is 0. The van der Waals surface area contributed by atoms with Crippen LogP contribution in [-0.2, 0) is 13.0 Å². The van der Waals surface area contributed by atoms with E-state index in [1.54, 1.807) is 23.9 Å². The maximum Gasteiger partial charge on any atom is 0.263 e. The van der Waals surface area contributed by atoms with Crippen LogP contribution in [0.25, 0.3) is 22.0 Å². The number of fused-ring (bicyclic) bond motifs is 1. The summed E-state index contributed by atoms with van der Waals surface area (Å²) in [6.45, 7) is 2.57. The molecule has 3 heterocycles. The number of ether oxygens (including phenoxy) is 1. The summed E-state index contributed by atoms with van der Waals surface area (Å²) in [5, 5.41) is 1.51. The highest BCUT2D eigenvalue weighted by Crippen LogP contribution is 2.32. The summed E-state index contributed by atoms with van der Waals surface area (Å²) in [5.74, 6) is 1.69. The molecule has 4 aromatic rings. The molecule has 0 aliphatic carbocycles. The van der Waals surface area contributed by atoms with Crippen LogP contribution in [0.15, 0.2) is 52.3 Å². The molecule has 0 radical (unpaired) electrons. The molecule has 0 amide bonds. The minimum Gasteiger partial charge on any atom is -0.496 e. The van der Waals surface area contributed by atoms with Gasteiger partial charge >= 0.3 is 0 Å². The Kier molecular flexibility index (Phi) is 7.02. The lowest BCUT2D eigenvalue weighted by molar-refractivity contribution is 0.0945. The molecule has 0 bridgehead atoms. The van der Waals surface area contributed by atoms with Crippen molar-refractivity contribution in [3.63, 3.8) is 0 Å². The Bertz CT molecular complexity index is 1290. The van der Waals surface area contributed by atoms with Crippen molar-refractivity contribution in [2.75, 3.05) is 7.11 Å². The second kappa shape index (κ2) is 10.3. The Morgan fingerprint density at radius 1 is 1.18 bits per heavy atom. The van der Waals surface area contributed by atoms with E-state index >= 15 is 0 Å². The molecule has 0 fully saturated rings. The number of carbonyl (C=O) groups is 1. The largest absolute Gasteiger partial charge is 0.496 e. The van der Waals surface area contributed by atoms with Crippen molar-refractivity contribution in [2.24, 2.45) is 0 Å². The number of Topliss-reactive ketones (excluding diaryl/α,β-unsaturated/α-hetero) is 1. The first-order valence-electron chi connectivity index (χ1n) is 11.3. The Morgan fingerprint density at radius 3 is 2.79 bits per heavy atom. The van der Waals surface area contributed by atoms with E-state index in [2.05, 4.69) is 15.0 Å². The van der Waals surface area contributed by atoms with Gasteiger partial charge in [-0.1, -0.05) is 12.8 Å². The van der Waals surface area contributed by atoms with Crippen LogP contribution in [0.1, 0.15) is 55.5 Å². The topological polar surface area (TPSA) is 103 Å². The molecule has 1 N–H and O–H groups in total. The maximum atomic E-state index is 12.6. The molecule has 0 saturated heterocycles. The van der Waals surface area contributed by atoms with E-state index in [9.17, 15) is 9.59 Å². The first-order valence-corrected chi connectivity index (χ1v) is 11.3. The van der Waals surface area contributed by atoms with Gasteiger partial charge in [0.1, 0.15) is 17.8 Å². The molecule has 0 aliphatic heterocycles. The third-order valence-corrected chi connectivity index (χ3v) is 5.79. The molecule has 0 spiro atoms. The Balaban J connectivity index is 1.36. The number of benzene rings is 1. The predicted molar refractivity (Wildman–Crippen MR) is 126 cm³/mol. The number of aromatic nitrogens is 4. The molecule has 0 unspecified atom stereocenters. The molecular weight excluding hydrogens is 420 g/mol. The van der Waals surface area contributed by atoms with Crippen molar-refractivity contribution in [2.45, 2.75) is 52.0 Å². The first-order chi connectivity index (χ1) is 16.1.